The maximum Gasteiger partial charge on any atom is 0.245 e. The molecule has 3 rings (SSSR count). The van der Waals surface area contributed by atoms with Crippen LogP contribution in [-0.4, -0.2) is 51.5 Å². The van der Waals surface area contributed by atoms with Gasteiger partial charge in [-0.2, -0.15) is 0 Å². The molecule has 0 aromatic carbocycles. The van der Waals surface area contributed by atoms with Crippen molar-refractivity contribution in [2.75, 3.05) is 31.1 Å². The molecule has 0 bridgehead atoms. The highest BCUT2D eigenvalue weighted by atomic mass is 16.2. The zero-order valence-electron chi connectivity index (χ0n) is 15.5. The highest BCUT2D eigenvalue weighted by molar-refractivity contribution is 5.80. The van der Waals surface area contributed by atoms with Crippen molar-refractivity contribution in [1.82, 2.24) is 19.4 Å². The van der Waals surface area contributed by atoms with E-state index < -0.39 is 0 Å². The molecule has 1 unspecified atom stereocenters. The van der Waals surface area contributed by atoms with E-state index in [-0.39, 0.29) is 11.9 Å². The number of aromatic nitrogens is 3. The van der Waals surface area contributed by atoms with E-state index >= 15 is 0 Å². The third-order valence-electron chi connectivity index (χ3n) is 4.86. The van der Waals surface area contributed by atoms with Gasteiger partial charge in [0.05, 0.1) is 0 Å². The monoisotopic (exact) mass is 341 g/mol. The van der Waals surface area contributed by atoms with Crippen molar-refractivity contribution < 1.29 is 4.79 Å². The minimum absolute atomic E-state index is 0.164. The topological polar surface area (TPSA) is 54.3 Å². The lowest BCUT2D eigenvalue weighted by molar-refractivity contribution is -0.134. The Bertz CT molecular complexity index is 731. The Balaban J connectivity index is 1.65. The molecule has 1 amide bonds. The summed E-state index contributed by atoms with van der Waals surface area (Å²) in [5.41, 5.74) is 1.18. The van der Waals surface area contributed by atoms with E-state index in [1.807, 2.05) is 34.9 Å². The van der Waals surface area contributed by atoms with E-state index in [4.69, 9.17) is 0 Å². The van der Waals surface area contributed by atoms with Crippen LogP contribution in [0.2, 0.25) is 0 Å². The second-order valence-corrected chi connectivity index (χ2v) is 6.98. The Labute approximate surface area is 149 Å². The number of hydrogen-bond donors (Lipinski definition) is 0. The van der Waals surface area contributed by atoms with Gasteiger partial charge in [0.15, 0.2) is 0 Å². The van der Waals surface area contributed by atoms with Crippen LogP contribution in [0, 0.1) is 6.92 Å². The average Bonchev–Trinajstić information content (AvgIpc) is 3.11. The number of carbonyl (C=O) groups excluding carboxylic acids is 1. The number of pyridine rings is 1. The summed E-state index contributed by atoms with van der Waals surface area (Å²) in [6.45, 7) is 11.3. The van der Waals surface area contributed by atoms with Crippen LogP contribution in [0.1, 0.15) is 44.1 Å². The molecule has 6 nitrogen and oxygen atoms in total. The van der Waals surface area contributed by atoms with Crippen LogP contribution in [0.4, 0.5) is 5.82 Å². The zero-order chi connectivity index (χ0) is 18.0. The fraction of sp³-hybridized carbons (Fsp3) is 0.526. The lowest BCUT2D eigenvalue weighted by Crippen LogP contribution is -2.50. The van der Waals surface area contributed by atoms with Gasteiger partial charge in [0.25, 0.3) is 0 Å². The number of rotatable bonds is 4. The largest absolute Gasteiger partial charge is 0.353 e. The van der Waals surface area contributed by atoms with Crippen molar-refractivity contribution in [2.45, 2.75) is 39.7 Å². The first-order valence-corrected chi connectivity index (χ1v) is 8.97. The van der Waals surface area contributed by atoms with Crippen molar-refractivity contribution in [1.29, 1.82) is 0 Å². The van der Waals surface area contributed by atoms with Crippen molar-refractivity contribution >= 4 is 11.7 Å². The summed E-state index contributed by atoms with van der Waals surface area (Å²) in [5, 5.41) is 0. The third-order valence-corrected chi connectivity index (χ3v) is 4.86. The van der Waals surface area contributed by atoms with Gasteiger partial charge in [-0.15, -0.1) is 0 Å². The number of amides is 1. The van der Waals surface area contributed by atoms with Gasteiger partial charge < -0.3 is 14.4 Å². The van der Waals surface area contributed by atoms with Crippen molar-refractivity contribution in [2.24, 2.45) is 0 Å². The van der Waals surface area contributed by atoms with Gasteiger partial charge in [0.2, 0.25) is 5.91 Å². The second kappa shape index (κ2) is 7.25. The van der Waals surface area contributed by atoms with Crippen LogP contribution in [-0.2, 0) is 4.79 Å². The molecule has 25 heavy (non-hydrogen) atoms. The lowest BCUT2D eigenvalue weighted by Gasteiger charge is -2.37. The van der Waals surface area contributed by atoms with Crippen LogP contribution in [0.5, 0.6) is 0 Å². The molecule has 2 aromatic rings. The molecule has 1 aliphatic heterocycles. The van der Waals surface area contributed by atoms with Gasteiger partial charge in [0.1, 0.15) is 17.7 Å². The summed E-state index contributed by atoms with van der Waals surface area (Å²) in [4.78, 5) is 26.0. The lowest BCUT2D eigenvalue weighted by atomic mass is 10.1. The summed E-state index contributed by atoms with van der Waals surface area (Å²) in [7, 11) is 0. The van der Waals surface area contributed by atoms with Crippen molar-refractivity contribution in [3.8, 4) is 0 Å². The van der Waals surface area contributed by atoms with Gasteiger partial charge in [0, 0.05) is 50.7 Å². The molecule has 1 fully saturated rings. The summed E-state index contributed by atoms with van der Waals surface area (Å²) in [6, 6.07) is 3.81. The van der Waals surface area contributed by atoms with Crippen LogP contribution >= 0.6 is 0 Å². The van der Waals surface area contributed by atoms with Crippen LogP contribution in [0.3, 0.4) is 0 Å². The predicted octanol–water partition coefficient (Wildman–Crippen LogP) is 2.62. The van der Waals surface area contributed by atoms with E-state index in [9.17, 15) is 4.79 Å². The zero-order valence-corrected chi connectivity index (χ0v) is 15.5. The number of hydrogen-bond acceptors (Lipinski definition) is 4. The first kappa shape index (κ1) is 17.5. The number of imidazole rings is 1. The molecule has 0 saturated carbocycles. The fourth-order valence-corrected chi connectivity index (χ4v) is 3.43. The van der Waals surface area contributed by atoms with Crippen molar-refractivity contribution in [3.05, 3.63) is 42.1 Å². The Morgan fingerprint density at radius 3 is 2.44 bits per heavy atom. The molecule has 0 spiro atoms. The van der Waals surface area contributed by atoms with E-state index in [0.717, 1.165) is 37.8 Å². The SMILES string of the molecule is Cc1cccnc1N1CCN(C(=O)C(C)n2ccnc2C(C)C)CC1. The van der Waals surface area contributed by atoms with Crippen LogP contribution < -0.4 is 4.90 Å². The minimum atomic E-state index is -0.219. The predicted molar refractivity (Wildman–Crippen MR) is 98.8 cm³/mol. The molecular weight excluding hydrogens is 314 g/mol. The molecule has 0 aliphatic carbocycles. The first-order valence-electron chi connectivity index (χ1n) is 8.97. The Kier molecular flexibility index (Phi) is 5.06. The number of piperazine rings is 1. The highest BCUT2D eigenvalue weighted by Gasteiger charge is 2.28. The summed E-state index contributed by atoms with van der Waals surface area (Å²) in [5.74, 6) is 2.45. The molecule has 6 heteroatoms. The fourth-order valence-electron chi connectivity index (χ4n) is 3.43. The molecular formula is C19H27N5O. The number of aryl methyl sites for hydroxylation is 1. The van der Waals surface area contributed by atoms with Crippen LogP contribution in [0.25, 0.3) is 0 Å². The van der Waals surface area contributed by atoms with Gasteiger partial charge in [-0.25, -0.2) is 9.97 Å². The summed E-state index contributed by atoms with van der Waals surface area (Å²) in [6.07, 6.45) is 5.51. The first-order chi connectivity index (χ1) is 12.0. The standard InChI is InChI=1S/C19H27N5O/c1-14(2)17-21-8-9-24(17)16(4)19(25)23-12-10-22(11-13-23)18-15(3)6-5-7-20-18/h5-9,14,16H,10-13H2,1-4H3. The Morgan fingerprint density at radius 1 is 1.08 bits per heavy atom. The van der Waals surface area contributed by atoms with Crippen LogP contribution in [0.15, 0.2) is 30.7 Å². The maximum absolute atomic E-state index is 12.9. The summed E-state index contributed by atoms with van der Waals surface area (Å²) >= 11 is 0. The highest BCUT2D eigenvalue weighted by Crippen LogP contribution is 2.21. The third kappa shape index (κ3) is 3.52. The smallest absolute Gasteiger partial charge is 0.245 e. The molecule has 1 saturated heterocycles. The normalized spacial score (nSPS) is 16.4. The number of anilines is 1. The number of nitrogens with zero attached hydrogens (tertiary/aromatic N) is 5. The van der Waals surface area contributed by atoms with Gasteiger partial charge >= 0.3 is 0 Å². The molecule has 3 heterocycles. The summed E-state index contributed by atoms with van der Waals surface area (Å²) < 4.78 is 2.00. The van der Waals surface area contributed by atoms with Gasteiger partial charge in [-0.05, 0) is 25.5 Å². The quantitative estimate of drug-likeness (QED) is 0.858. The molecule has 2 aromatic heterocycles. The maximum atomic E-state index is 12.9. The van der Waals surface area contributed by atoms with Crippen molar-refractivity contribution in [3.63, 3.8) is 0 Å². The Hall–Kier alpha value is -2.37. The van der Waals surface area contributed by atoms with E-state index in [1.54, 1.807) is 6.20 Å². The van der Waals surface area contributed by atoms with E-state index in [1.165, 1.54) is 5.56 Å². The molecule has 1 aliphatic rings. The van der Waals surface area contributed by atoms with E-state index in [0.29, 0.717) is 5.92 Å². The molecule has 1 atom stereocenters. The van der Waals surface area contributed by atoms with Gasteiger partial charge in [-0.3, -0.25) is 4.79 Å². The second-order valence-electron chi connectivity index (χ2n) is 6.98. The Morgan fingerprint density at radius 2 is 1.80 bits per heavy atom. The van der Waals surface area contributed by atoms with Gasteiger partial charge in [-0.1, -0.05) is 19.9 Å². The average molecular weight is 341 g/mol. The number of carbonyl (C=O) groups is 1. The van der Waals surface area contributed by atoms with E-state index in [2.05, 4.69) is 41.7 Å². The molecule has 134 valence electrons. The minimum Gasteiger partial charge on any atom is -0.353 e. The molecule has 0 N–H and O–H groups in total. The molecule has 0 radical (unpaired) electrons.